The summed E-state index contributed by atoms with van der Waals surface area (Å²) in [5.41, 5.74) is 5.54. The zero-order valence-electron chi connectivity index (χ0n) is 11.1. The van der Waals surface area contributed by atoms with Crippen molar-refractivity contribution in [2.45, 2.75) is 32.6 Å². The Balaban J connectivity index is 2.19. The first-order chi connectivity index (χ1) is 9.04. The van der Waals surface area contributed by atoms with Crippen LogP contribution >= 0.6 is 0 Å². The molecule has 1 aliphatic rings. The molecule has 0 radical (unpaired) electrons. The molecular formula is C15H19F2NO. The van der Waals surface area contributed by atoms with E-state index in [1.54, 1.807) is 0 Å². The maximum atomic E-state index is 13.9. The largest absolute Gasteiger partial charge is 0.330 e. The first kappa shape index (κ1) is 14.1. The monoisotopic (exact) mass is 267 g/mol. The molecule has 0 amide bonds. The molecule has 1 aliphatic carbocycles. The van der Waals surface area contributed by atoms with E-state index in [9.17, 15) is 13.6 Å². The maximum Gasteiger partial charge on any atom is 0.171 e. The number of halogens is 2. The highest BCUT2D eigenvalue weighted by molar-refractivity contribution is 5.98. The summed E-state index contributed by atoms with van der Waals surface area (Å²) < 4.78 is 27.6. The summed E-state index contributed by atoms with van der Waals surface area (Å²) in [6.45, 7) is 2.16. The third kappa shape index (κ3) is 2.84. The van der Waals surface area contributed by atoms with Gasteiger partial charge < -0.3 is 5.73 Å². The van der Waals surface area contributed by atoms with Crippen molar-refractivity contribution in [3.63, 3.8) is 0 Å². The first-order valence-electron chi connectivity index (χ1n) is 6.73. The molecule has 104 valence electrons. The zero-order chi connectivity index (χ0) is 14.0. The van der Waals surface area contributed by atoms with E-state index in [-0.39, 0.29) is 11.5 Å². The molecule has 1 fully saturated rings. The van der Waals surface area contributed by atoms with E-state index in [4.69, 9.17) is 5.73 Å². The lowest BCUT2D eigenvalue weighted by atomic mass is 9.78. The highest BCUT2D eigenvalue weighted by Crippen LogP contribution is 2.32. The Hall–Kier alpha value is -1.29. The predicted octanol–water partition coefficient (Wildman–Crippen LogP) is 3.22. The number of Topliss-reactive ketones (excluding diaryl/α,β-unsaturated/α-hetero) is 1. The third-order valence-corrected chi connectivity index (χ3v) is 4.08. The van der Waals surface area contributed by atoms with Crippen molar-refractivity contribution in [1.29, 1.82) is 0 Å². The molecule has 0 heterocycles. The van der Waals surface area contributed by atoms with Crippen molar-refractivity contribution < 1.29 is 13.6 Å². The average molecular weight is 267 g/mol. The average Bonchev–Trinajstić information content (AvgIpc) is 2.43. The van der Waals surface area contributed by atoms with Gasteiger partial charge in [-0.05, 0) is 56.7 Å². The van der Waals surface area contributed by atoms with Crippen LogP contribution in [-0.4, -0.2) is 12.3 Å². The van der Waals surface area contributed by atoms with Crippen LogP contribution in [0.2, 0.25) is 0 Å². The highest BCUT2D eigenvalue weighted by Gasteiger charge is 2.30. The number of hydrogen-bond donors (Lipinski definition) is 1. The number of carbonyl (C=O) groups is 1. The number of aryl methyl sites for hydroxylation is 1. The number of carbonyl (C=O) groups excluding carboxylic acids is 1. The lowest BCUT2D eigenvalue weighted by molar-refractivity contribution is 0.0864. The van der Waals surface area contributed by atoms with Crippen LogP contribution < -0.4 is 5.73 Å². The summed E-state index contributed by atoms with van der Waals surface area (Å²) in [5, 5.41) is 0. The van der Waals surface area contributed by atoms with Crippen LogP contribution in [0.4, 0.5) is 8.78 Å². The second-order valence-electron chi connectivity index (χ2n) is 5.37. The van der Waals surface area contributed by atoms with Crippen LogP contribution in [0.3, 0.4) is 0 Å². The summed E-state index contributed by atoms with van der Waals surface area (Å²) in [4.78, 5) is 12.3. The molecule has 2 nitrogen and oxygen atoms in total. The fourth-order valence-electron chi connectivity index (χ4n) is 2.75. The fourth-order valence-corrected chi connectivity index (χ4v) is 2.75. The summed E-state index contributed by atoms with van der Waals surface area (Å²) in [5.74, 6) is -1.70. The minimum atomic E-state index is -0.756. The topological polar surface area (TPSA) is 43.1 Å². The molecular weight excluding hydrogens is 248 g/mol. The van der Waals surface area contributed by atoms with Gasteiger partial charge in [0.15, 0.2) is 5.78 Å². The van der Waals surface area contributed by atoms with Crippen LogP contribution in [0.15, 0.2) is 12.1 Å². The van der Waals surface area contributed by atoms with Gasteiger partial charge in [-0.3, -0.25) is 4.79 Å². The summed E-state index contributed by atoms with van der Waals surface area (Å²) in [6, 6.07) is 2.52. The lowest BCUT2D eigenvalue weighted by Crippen LogP contribution is -2.27. The molecule has 0 spiro atoms. The Labute approximate surface area is 112 Å². The van der Waals surface area contributed by atoms with Crippen LogP contribution in [-0.2, 0) is 0 Å². The van der Waals surface area contributed by atoms with Gasteiger partial charge in [-0.2, -0.15) is 0 Å². The van der Waals surface area contributed by atoms with Crippen LogP contribution in [0.5, 0.6) is 0 Å². The van der Waals surface area contributed by atoms with Crippen molar-refractivity contribution in [3.05, 3.63) is 34.9 Å². The number of ketones is 1. The number of nitrogens with two attached hydrogens (primary N) is 1. The van der Waals surface area contributed by atoms with Gasteiger partial charge in [0.05, 0.1) is 5.56 Å². The maximum absolute atomic E-state index is 13.9. The molecule has 19 heavy (non-hydrogen) atoms. The van der Waals surface area contributed by atoms with Gasteiger partial charge in [0.1, 0.15) is 11.6 Å². The molecule has 1 aromatic carbocycles. The van der Waals surface area contributed by atoms with Crippen LogP contribution in [0, 0.1) is 30.4 Å². The quantitative estimate of drug-likeness (QED) is 0.854. The Morgan fingerprint density at radius 2 is 1.89 bits per heavy atom. The summed E-state index contributed by atoms with van der Waals surface area (Å²) >= 11 is 0. The minimum Gasteiger partial charge on any atom is -0.330 e. The van der Waals surface area contributed by atoms with E-state index >= 15 is 0 Å². The Bertz CT molecular complexity index is 479. The summed E-state index contributed by atoms with van der Waals surface area (Å²) in [7, 11) is 0. The lowest BCUT2D eigenvalue weighted by Gasteiger charge is -2.26. The fraction of sp³-hybridized carbons (Fsp3) is 0.533. The molecule has 0 unspecified atom stereocenters. The Kier molecular flexibility index (Phi) is 4.30. The van der Waals surface area contributed by atoms with Gasteiger partial charge in [0, 0.05) is 5.92 Å². The van der Waals surface area contributed by atoms with Crippen molar-refractivity contribution in [3.8, 4) is 0 Å². The Morgan fingerprint density at radius 1 is 1.26 bits per heavy atom. The molecule has 2 N–H and O–H groups in total. The van der Waals surface area contributed by atoms with E-state index in [0.29, 0.717) is 30.9 Å². The van der Waals surface area contributed by atoms with Gasteiger partial charge in [0.2, 0.25) is 0 Å². The van der Waals surface area contributed by atoms with Gasteiger partial charge in [-0.15, -0.1) is 0 Å². The molecule has 2 rings (SSSR count). The zero-order valence-corrected chi connectivity index (χ0v) is 11.1. The van der Waals surface area contributed by atoms with Gasteiger partial charge in [-0.25, -0.2) is 8.78 Å². The highest BCUT2D eigenvalue weighted by atomic mass is 19.1. The second-order valence-corrected chi connectivity index (χ2v) is 5.37. The molecule has 0 bridgehead atoms. The molecule has 1 saturated carbocycles. The summed E-state index contributed by atoms with van der Waals surface area (Å²) in [6.07, 6.45) is 3.07. The van der Waals surface area contributed by atoms with E-state index < -0.39 is 17.4 Å². The molecule has 0 saturated heterocycles. The van der Waals surface area contributed by atoms with E-state index in [2.05, 4.69) is 0 Å². The van der Waals surface area contributed by atoms with Crippen molar-refractivity contribution in [2.24, 2.45) is 17.6 Å². The van der Waals surface area contributed by atoms with E-state index in [1.165, 1.54) is 13.0 Å². The van der Waals surface area contributed by atoms with E-state index in [1.807, 2.05) is 0 Å². The van der Waals surface area contributed by atoms with Crippen LogP contribution in [0.1, 0.15) is 41.6 Å². The van der Waals surface area contributed by atoms with Gasteiger partial charge >= 0.3 is 0 Å². The molecule has 1 aromatic rings. The first-order valence-corrected chi connectivity index (χ1v) is 6.73. The third-order valence-electron chi connectivity index (χ3n) is 4.08. The smallest absolute Gasteiger partial charge is 0.171 e. The predicted molar refractivity (Wildman–Crippen MR) is 69.9 cm³/mol. The van der Waals surface area contributed by atoms with Crippen molar-refractivity contribution in [2.75, 3.05) is 6.54 Å². The molecule has 0 aromatic heterocycles. The SMILES string of the molecule is Cc1ccc(F)c(C(=O)C2CCC(CN)CC2)c1F. The minimum absolute atomic E-state index is 0.270. The van der Waals surface area contributed by atoms with Gasteiger partial charge in [-0.1, -0.05) is 6.07 Å². The normalized spacial score (nSPS) is 23.4. The Morgan fingerprint density at radius 3 is 2.47 bits per heavy atom. The number of rotatable bonds is 3. The van der Waals surface area contributed by atoms with Crippen molar-refractivity contribution >= 4 is 5.78 Å². The molecule has 4 heteroatoms. The standard InChI is InChI=1S/C15H19F2NO/c1-9-2-7-12(16)13(14(9)17)15(19)11-5-3-10(8-18)4-6-11/h2,7,10-11H,3-6,8,18H2,1H3. The molecule has 0 atom stereocenters. The van der Waals surface area contributed by atoms with E-state index in [0.717, 1.165) is 18.9 Å². The van der Waals surface area contributed by atoms with Crippen LogP contribution in [0.25, 0.3) is 0 Å². The van der Waals surface area contributed by atoms with Crippen molar-refractivity contribution in [1.82, 2.24) is 0 Å². The number of hydrogen-bond acceptors (Lipinski definition) is 2. The van der Waals surface area contributed by atoms with Gasteiger partial charge in [0.25, 0.3) is 0 Å². The molecule has 0 aliphatic heterocycles. The number of benzene rings is 1. The second kappa shape index (κ2) is 5.78.